The standard InChI is InChI=1S/C15H22N2/c1-12-9-13(5-6-14(12)16)17-10-15(11-17)7-3-2-4-8-15/h5-6,9H,2-4,7-8,10-11,16H2,1H3. The van der Waals surface area contributed by atoms with E-state index in [2.05, 4.69) is 24.0 Å². The molecule has 0 aromatic heterocycles. The molecule has 2 heteroatoms. The number of anilines is 2. The van der Waals surface area contributed by atoms with Crippen molar-refractivity contribution in [1.29, 1.82) is 0 Å². The van der Waals surface area contributed by atoms with Crippen molar-refractivity contribution in [3.63, 3.8) is 0 Å². The molecule has 17 heavy (non-hydrogen) atoms. The predicted molar refractivity (Wildman–Crippen MR) is 73.3 cm³/mol. The van der Waals surface area contributed by atoms with E-state index in [0.717, 1.165) is 5.69 Å². The average Bonchev–Trinajstić information content (AvgIpc) is 2.31. The van der Waals surface area contributed by atoms with Crippen LogP contribution in [0.25, 0.3) is 0 Å². The quantitative estimate of drug-likeness (QED) is 0.750. The zero-order valence-electron chi connectivity index (χ0n) is 10.7. The van der Waals surface area contributed by atoms with Crippen molar-refractivity contribution in [3.05, 3.63) is 23.8 Å². The summed E-state index contributed by atoms with van der Waals surface area (Å²) in [5.41, 5.74) is 9.99. The molecule has 1 heterocycles. The van der Waals surface area contributed by atoms with Crippen LogP contribution in [-0.2, 0) is 0 Å². The summed E-state index contributed by atoms with van der Waals surface area (Å²) < 4.78 is 0. The van der Waals surface area contributed by atoms with Crippen molar-refractivity contribution in [1.82, 2.24) is 0 Å². The monoisotopic (exact) mass is 230 g/mol. The second-order valence-corrected chi connectivity index (χ2v) is 5.96. The fraction of sp³-hybridized carbons (Fsp3) is 0.600. The van der Waals surface area contributed by atoms with E-state index in [1.165, 1.54) is 56.4 Å². The number of nitrogens with two attached hydrogens (primary N) is 1. The third kappa shape index (κ3) is 1.90. The molecule has 0 bridgehead atoms. The maximum Gasteiger partial charge on any atom is 0.0370 e. The molecule has 1 spiro atoms. The van der Waals surface area contributed by atoms with E-state index < -0.39 is 0 Å². The molecular weight excluding hydrogens is 208 g/mol. The Bertz CT molecular complexity index is 411. The van der Waals surface area contributed by atoms with Crippen molar-refractivity contribution < 1.29 is 0 Å². The molecule has 1 saturated carbocycles. The first-order valence-corrected chi connectivity index (χ1v) is 6.80. The van der Waals surface area contributed by atoms with Gasteiger partial charge in [0.05, 0.1) is 0 Å². The lowest BCUT2D eigenvalue weighted by Crippen LogP contribution is -2.57. The molecular formula is C15H22N2. The highest BCUT2D eigenvalue weighted by atomic mass is 15.2. The Morgan fingerprint density at radius 3 is 2.47 bits per heavy atom. The molecule has 0 atom stereocenters. The molecule has 3 rings (SSSR count). The minimum absolute atomic E-state index is 0.660. The van der Waals surface area contributed by atoms with Gasteiger partial charge in [-0.1, -0.05) is 19.3 Å². The van der Waals surface area contributed by atoms with Gasteiger partial charge in [-0.05, 0) is 43.5 Å². The molecule has 2 aliphatic rings. The van der Waals surface area contributed by atoms with Gasteiger partial charge in [0, 0.05) is 29.9 Å². The lowest BCUT2D eigenvalue weighted by Gasteiger charge is -2.53. The molecule has 0 unspecified atom stereocenters. The molecule has 2 fully saturated rings. The fourth-order valence-electron chi connectivity index (χ4n) is 3.42. The van der Waals surface area contributed by atoms with Gasteiger partial charge in [-0.3, -0.25) is 0 Å². The molecule has 2 nitrogen and oxygen atoms in total. The smallest absolute Gasteiger partial charge is 0.0370 e. The van der Waals surface area contributed by atoms with E-state index in [4.69, 9.17) is 5.73 Å². The van der Waals surface area contributed by atoms with E-state index in [9.17, 15) is 0 Å². The van der Waals surface area contributed by atoms with Crippen LogP contribution in [0.15, 0.2) is 18.2 Å². The van der Waals surface area contributed by atoms with Gasteiger partial charge < -0.3 is 10.6 Å². The number of hydrogen-bond donors (Lipinski definition) is 1. The van der Waals surface area contributed by atoms with Crippen molar-refractivity contribution in [2.75, 3.05) is 23.7 Å². The normalized spacial score (nSPS) is 22.5. The zero-order valence-corrected chi connectivity index (χ0v) is 10.7. The highest BCUT2D eigenvalue weighted by Gasteiger charge is 2.43. The maximum absolute atomic E-state index is 5.87. The van der Waals surface area contributed by atoms with E-state index in [1.807, 2.05) is 6.07 Å². The largest absolute Gasteiger partial charge is 0.399 e. The van der Waals surface area contributed by atoms with Gasteiger partial charge in [0.15, 0.2) is 0 Å². The zero-order chi connectivity index (χ0) is 11.9. The van der Waals surface area contributed by atoms with Crippen LogP contribution in [0.3, 0.4) is 0 Å². The highest BCUT2D eigenvalue weighted by Crippen LogP contribution is 2.45. The average molecular weight is 230 g/mol. The van der Waals surface area contributed by atoms with Gasteiger partial charge in [-0.2, -0.15) is 0 Å². The van der Waals surface area contributed by atoms with Crippen LogP contribution in [0.5, 0.6) is 0 Å². The fourth-order valence-corrected chi connectivity index (χ4v) is 3.42. The Morgan fingerprint density at radius 2 is 1.82 bits per heavy atom. The summed E-state index contributed by atoms with van der Waals surface area (Å²) in [4.78, 5) is 2.51. The Morgan fingerprint density at radius 1 is 1.12 bits per heavy atom. The van der Waals surface area contributed by atoms with Crippen molar-refractivity contribution in [3.8, 4) is 0 Å². The van der Waals surface area contributed by atoms with Crippen molar-refractivity contribution in [2.24, 2.45) is 5.41 Å². The predicted octanol–water partition coefficient (Wildman–Crippen LogP) is 3.35. The molecule has 1 aliphatic carbocycles. The van der Waals surface area contributed by atoms with Crippen molar-refractivity contribution in [2.45, 2.75) is 39.0 Å². The minimum Gasteiger partial charge on any atom is -0.399 e. The van der Waals surface area contributed by atoms with Gasteiger partial charge in [0.1, 0.15) is 0 Å². The first kappa shape index (κ1) is 10.9. The van der Waals surface area contributed by atoms with Crippen molar-refractivity contribution >= 4 is 11.4 Å². The van der Waals surface area contributed by atoms with E-state index in [-0.39, 0.29) is 0 Å². The Hall–Kier alpha value is -1.18. The number of nitrogens with zero attached hydrogens (tertiary/aromatic N) is 1. The Kier molecular flexibility index (Phi) is 2.53. The van der Waals surface area contributed by atoms with Crippen LogP contribution in [0, 0.1) is 12.3 Å². The van der Waals surface area contributed by atoms with Crippen LogP contribution in [-0.4, -0.2) is 13.1 Å². The maximum atomic E-state index is 5.87. The number of aryl methyl sites for hydroxylation is 1. The second-order valence-electron chi connectivity index (χ2n) is 5.96. The molecule has 1 saturated heterocycles. The number of rotatable bonds is 1. The topological polar surface area (TPSA) is 29.3 Å². The third-order valence-electron chi connectivity index (χ3n) is 4.59. The Labute approximate surface area is 104 Å². The summed E-state index contributed by atoms with van der Waals surface area (Å²) >= 11 is 0. The third-order valence-corrected chi connectivity index (χ3v) is 4.59. The summed E-state index contributed by atoms with van der Waals surface area (Å²) in [5.74, 6) is 0. The summed E-state index contributed by atoms with van der Waals surface area (Å²) in [7, 11) is 0. The van der Waals surface area contributed by atoms with Gasteiger partial charge in [-0.25, -0.2) is 0 Å². The van der Waals surface area contributed by atoms with E-state index >= 15 is 0 Å². The molecule has 0 amide bonds. The number of hydrogen-bond acceptors (Lipinski definition) is 2. The lowest BCUT2D eigenvalue weighted by atomic mass is 9.68. The number of nitrogen functional groups attached to an aromatic ring is 1. The summed E-state index contributed by atoms with van der Waals surface area (Å²) in [6.07, 6.45) is 7.21. The molecule has 0 radical (unpaired) electrons. The van der Waals surface area contributed by atoms with Crippen LogP contribution in [0.1, 0.15) is 37.7 Å². The summed E-state index contributed by atoms with van der Waals surface area (Å²) in [5, 5.41) is 0. The van der Waals surface area contributed by atoms with Crippen LogP contribution < -0.4 is 10.6 Å². The second kappa shape index (κ2) is 3.94. The molecule has 1 aromatic rings. The van der Waals surface area contributed by atoms with E-state index in [1.54, 1.807) is 0 Å². The molecule has 1 aromatic carbocycles. The molecule has 1 aliphatic heterocycles. The molecule has 92 valence electrons. The molecule has 2 N–H and O–H groups in total. The lowest BCUT2D eigenvalue weighted by molar-refractivity contribution is 0.139. The van der Waals surface area contributed by atoms with E-state index in [0.29, 0.717) is 5.41 Å². The summed E-state index contributed by atoms with van der Waals surface area (Å²) in [6, 6.07) is 6.43. The first-order valence-electron chi connectivity index (χ1n) is 6.80. The van der Waals surface area contributed by atoms with Crippen LogP contribution in [0.2, 0.25) is 0 Å². The van der Waals surface area contributed by atoms with Crippen LogP contribution in [0.4, 0.5) is 11.4 Å². The van der Waals surface area contributed by atoms with Gasteiger partial charge in [-0.15, -0.1) is 0 Å². The minimum atomic E-state index is 0.660. The van der Waals surface area contributed by atoms with Crippen LogP contribution >= 0.6 is 0 Å². The van der Waals surface area contributed by atoms with Gasteiger partial charge in [0.2, 0.25) is 0 Å². The van der Waals surface area contributed by atoms with Gasteiger partial charge >= 0.3 is 0 Å². The first-order chi connectivity index (χ1) is 8.19. The summed E-state index contributed by atoms with van der Waals surface area (Å²) in [6.45, 7) is 4.61. The number of benzene rings is 1. The highest BCUT2D eigenvalue weighted by molar-refractivity contribution is 5.59. The Balaban J connectivity index is 1.70. The SMILES string of the molecule is Cc1cc(N2CC3(CCCCC3)C2)ccc1N. The van der Waals surface area contributed by atoms with Gasteiger partial charge in [0.25, 0.3) is 0 Å².